The van der Waals surface area contributed by atoms with E-state index in [-0.39, 0.29) is 12.1 Å². The number of ether oxygens (including phenoxy) is 1. The zero-order valence-electron chi connectivity index (χ0n) is 15.4. The van der Waals surface area contributed by atoms with Crippen LogP contribution in [0, 0.1) is 5.92 Å². The van der Waals surface area contributed by atoms with Crippen molar-refractivity contribution in [1.82, 2.24) is 15.5 Å². The highest BCUT2D eigenvalue weighted by Gasteiger charge is 2.22. The van der Waals surface area contributed by atoms with E-state index in [1.165, 1.54) is 0 Å². The molecule has 3 N–H and O–H groups in total. The van der Waals surface area contributed by atoms with Gasteiger partial charge in [-0.2, -0.15) is 0 Å². The number of nitrogens with one attached hydrogen (secondary N) is 2. The zero-order chi connectivity index (χ0) is 18.2. The van der Waals surface area contributed by atoms with Crippen molar-refractivity contribution in [3.05, 3.63) is 35.9 Å². The largest absolute Gasteiger partial charge is 0.387 e. The molecule has 2 heterocycles. The number of piperidine rings is 1. The molecule has 2 aliphatic rings. The molecule has 2 amide bonds. The molecule has 1 unspecified atom stereocenters. The van der Waals surface area contributed by atoms with Gasteiger partial charge in [0.1, 0.15) is 0 Å². The predicted octanol–water partition coefficient (Wildman–Crippen LogP) is 1.91. The van der Waals surface area contributed by atoms with Crippen molar-refractivity contribution >= 4 is 6.03 Å². The van der Waals surface area contributed by atoms with Crippen molar-refractivity contribution < 1.29 is 14.6 Å². The summed E-state index contributed by atoms with van der Waals surface area (Å²) in [7, 11) is 0. The monoisotopic (exact) mass is 361 g/mol. The van der Waals surface area contributed by atoms with Gasteiger partial charge in [-0.1, -0.05) is 30.3 Å². The lowest BCUT2D eigenvalue weighted by molar-refractivity contribution is 0.0728. The second kappa shape index (κ2) is 9.90. The van der Waals surface area contributed by atoms with E-state index in [0.29, 0.717) is 25.6 Å². The van der Waals surface area contributed by atoms with Gasteiger partial charge in [0, 0.05) is 19.7 Å². The Bertz CT molecular complexity index is 540. The number of aliphatic hydroxyl groups is 1. The number of urea groups is 1. The van der Waals surface area contributed by atoms with E-state index in [1.54, 1.807) is 0 Å². The normalized spacial score (nSPS) is 23.3. The summed E-state index contributed by atoms with van der Waals surface area (Å²) in [6, 6.07) is 9.88. The quantitative estimate of drug-likeness (QED) is 0.724. The molecule has 2 fully saturated rings. The summed E-state index contributed by atoms with van der Waals surface area (Å²) in [6.45, 7) is 4.75. The van der Waals surface area contributed by atoms with Crippen LogP contribution in [0.1, 0.15) is 37.4 Å². The number of rotatable bonds is 6. The van der Waals surface area contributed by atoms with Crippen LogP contribution in [-0.2, 0) is 4.74 Å². The molecule has 144 valence electrons. The Labute approximate surface area is 155 Å². The standard InChI is InChI=1S/C20H31N3O3/c24-19(17-5-2-1-3-6-17)14-23-10-8-16(9-11-23)13-21-20(25)22-18-7-4-12-26-15-18/h1-3,5-6,16,18-19,24H,4,7-15H2,(H2,21,22,25)/t18-,19?/m1/s1. The molecule has 0 aromatic heterocycles. The predicted molar refractivity (Wildman–Crippen MR) is 101 cm³/mol. The van der Waals surface area contributed by atoms with E-state index < -0.39 is 6.10 Å². The Morgan fingerprint density at radius 3 is 2.69 bits per heavy atom. The van der Waals surface area contributed by atoms with Crippen LogP contribution >= 0.6 is 0 Å². The van der Waals surface area contributed by atoms with E-state index in [1.807, 2.05) is 30.3 Å². The number of nitrogens with zero attached hydrogens (tertiary/aromatic N) is 1. The maximum atomic E-state index is 12.0. The van der Waals surface area contributed by atoms with Gasteiger partial charge in [-0.15, -0.1) is 0 Å². The molecule has 2 atom stereocenters. The number of likely N-dealkylation sites (tertiary alicyclic amines) is 1. The maximum Gasteiger partial charge on any atom is 0.315 e. The fourth-order valence-corrected chi connectivity index (χ4v) is 3.73. The fraction of sp³-hybridized carbons (Fsp3) is 0.650. The van der Waals surface area contributed by atoms with Gasteiger partial charge in [-0.25, -0.2) is 4.79 Å². The summed E-state index contributed by atoms with van der Waals surface area (Å²) in [5.41, 5.74) is 0.972. The third-order valence-corrected chi connectivity index (χ3v) is 5.37. The van der Waals surface area contributed by atoms with Crippen molar-refractivity contribution in [1.29, 1.82) is 0 Å². The van der Waals surface area contributed by atoms with E-state index in [0.717, 1.165) is 50.9 Å². The van der Waals surface area contributed by atoms with Gasteiger partial charge in [0.25, 0.3) is 0 Å². The first kappa shape index (κ1) is 19.1. The van der Waals surface area contributed by atoms with Gasteiger partial charge >= 0.3 is 6.03 Å². The molecule has 0 aliphatic carbocycles. The summed E-state index contributed by atoms with van der Waals surface area (Å²) in [5.74, 6) is 0.508. The van der Waals surface area contributed by atoms with Crippen LogP contribution in [0.25, 0.3) is 0 Å². The van der Waals surface area contributed by atoms with E-state index in [2.05, 4.69) is 15.5 Å². The molecule has 2 aliphatic heterocycles. The summed E-state index contributed by atoms with van der Waals surface area (Å²) >= 11 is 0. The van der Waals surface area contributed by atoms with Gasteiger partial charge in [-0.3, -0.25) is 0 Å². The first-order valence-corrected chi connectivity index (χ1v) is 9.78. The lowest BCUT2D eigenvalue weighted by Crippen LogP contribution is -2.47. The van der Waals surface area contributed by atoms with Crippen LogP contribution in [-0.4, -0.2) is 61.5 Å². The highest BCUT2D eigenvalue weighted by atomic mass is 16.5. The molecule has 2 saturated heterocycles. The smallest absolute Gasteiger partial charge is 0.315 e. The first-order valence-electron chi connectivity index (χ1n) is 9.78. The molecular weight excluding hydrogens is 330 g/mol. The minimum Gasteiger partial charge on any atom is -0.387 e. The van der Waals surface area contributed by atoms with Crippen LogP contribution in [0.5, 0.6) is 0 Å². The van der Waals surface area contributed by atoms with E-state index in [4.69, 9.17) is 4.74 Å². The molecule has 0 radical (unpaired) electrons. The number of hydrogen-bond donors (Lipinski definition) is 3. The highest BCUT2D eigenvalue weighted by molar-refractivity contribution is 5.74. The third kappa shape index (κ3) is 5.97. The molecule has 0 bridgehead atoms. The van der Waals surface area contributed by atoms with Crippen molar-refractivity contribution in [2.75, 3.05) is 39.4 Å². The summed E-state index contributed by atoms with van der Waals surface area (Å²) in [4.78, 5) is 14.3. The topological polar surface area (TPSA) is 73.8 Å². The molecule has 1 aromatic rings. The zero-order valence-corrected chi connectivity index (χ0v) is 15.4. The van der Waals surface area contributed by atoms with Gasteiger partial charge < -0.3 is 25.4 Å². The minimum absolute atomic E-state index is 0.0811. The maximum absolute atomic E-state index is 12.0. The SMILES string of the molecule is O=C(NCC1CCN(CC(O)c2ccccc2)CC1)N[C@@H]1CCCOC1. The number of aliphatic hydroxyl groups excluding tert-OH is 1. The van der Waals surface area contributed by atoms with Crippen molar-refractivity contribution in [2.45, 2.75) is 37.8 Å². The Kier molecular flexibility index (Phi) is 7.29. The molecule has 6 nitrogen and oxygen atoms in total. The minimum atomic E-state index is -0.436. The fourth-order valence-electron chi connectivity index (χ4n) is 3.73. The number of amides is 2. The van der Waals surface area contributed by atoms with Crippen LogP contribution in [0.3, 0.4) is 0 Å². The average Bonchev–Trinajstić information content (AvgIpc) is 2.69. The number of β-amino-alcohol motifs (C(OH)–C–C–N with tert-alkyl or cyclic N) is 1. The Balaban J connectivity index is 1.31. The highest BCUT2D eigenvalue weighted by Crippen LogP contribution is 2.20. The molecule has 6 heteroatoms. The van der Waals surface area contributed by atoms with Gasteiger partial charge in [-0.05, 0) is 50.3 Å². The average molecular weight is 361 g/mol. The number of carbonyl (C=O) groups excluding carboxylic acids is 1. The number of carbonyl (C=O) groups is 1. The van der Waals surface area contributed by atoms with Crippen LogP contribution in [0.15, 0.2) is 30.3 Å². The summed E-state index contributed by atoms with van der Waals surface area (Å²) < 4.78 is 5.38. The van der Waals surface area contributed by atoms with Crippen LogP contribution in [0.2, 0.25) is 0 Å². The van der Waals surface area contributed by atoms with Gasteiger partial charge in [0.15, 0.2) is 0 Å². The Morgan fingerprint density at radius 1 is 1.23 bits per heavy atom. The van der Waals surface area contributed by atoms with E-state index in [9.17, 15) is 9.90 Å². The van der Waals surface area contributed by atoms with Crippen molar-refractivity contribution in [2.24, 2.45) is 5.92 Å². The summed E-state index contributed by atoms with van der Waals surface area (Å²) in [5, 5.41) is 16.4. The number of hydrogen-bond acceptors (Lipinski definition) is 4. The van der Waals surface area contributed by atoms with E-state index >= 15 is 0 Å². The summed E-state index contributed by atoms with van der Waals surface area (Å²) in [6.07, 6.45) is 3.67. The van der Waals surface area contributed by atoms with Crippen LogP contribution < -0.4 is 10.6 Å². The van der Waals surface area contributed by atoms with Gasteiger partial charge in [0.05, 0.1) is 18.8 Å². The second-order valence-electron chi connectivity index (χ2n) is 7.44. The molecule has 1 aromatic carbocycles. The number of benzene rings is 1. The molecule has 0 spiro atoms. The Morgan fingerprint density at radius 2 is 2.00 bits per heavy atom. The first-order chi connectivity index (χ1) is 12.7. The second-order valence-corrected chi connectivity index (χ2v) is 7.44. The molecule has 3 rings (SSSR count). The molecule has 26 heavy (non-hydrogen) atoms. The molecular formula is C20H31N3O3. The molecule has 0 saturated carbocycles. The third-order valence-electron chi connectivity index (χ3n) is 5.37. The lowest BCUT2D eigenvalue weighted by atomic mass is 9.96. The van der Waals surface area contributed by atoms with Crippen LogP contribution in [0.4, 0.5) is 4.79 Å². The Hall–Kier alpha value is -1.63. The van der Waals surface area contributed by atoms with Crippen molar-refractivity contribution in [3.8, 4) is 0 Å². The lowest BCUT2D eigenvalue weighted by Gasteiger charge is -2.33. The van der Waals surface area contributed by atoms with Gasteiger partial charge in [0.2, 0.25) is 0 Å². The van der Waals surface area contributed by atoms with Crippen molar-refractivity contribution in [3.63, 3.8) is 0 Å².